The number of halogens is 1. The van der Waals surface area contributed by atoms with E-state index in [0.717, 1.165) is 10.0 Å². The number of pyridine rings is 1. The summed E-state index contributed by atoms with van der Waals surface area (Å²) in [6, 6.07) is 6.75. The van der Waals surface area contributed by atoms with Crippen molar-refractivity contribution in [1.29, 1.82) is 0 Å². The molecule has 0 saturated heterocycles. The van der Waals surface area contributed by atoms with Crippen molar-refractivity contribution in [2.75, 3.05) is 5.73 Å². The van der Waals surface area contributed by atoms with Crippen LogP contribution in [-0.2, 0) is 0 Å². The number of rotatable bonds is 3. The van der Waals surface area contributed by atoms with Gasteiger partial charge in [-0.1, -0.05) is 15.9 Å². The summed E-state index contributed by atoms with van der Waals surface area (Å²) in [4.78, 5) is 14.9. The standard InChI is InChI=1S/C13H12BrN3O2/c1-7-4-8(14)5-10(15)12(7)19-9-2-3-17-11(6-9)13(16)18/h2-6H,15H2,1H3,(H2,16,18). The van der Waals surface area contributed by atoms with Crippen molar-refractivity contribution >= 4 is 27.5 Å². The molecule has 0 fully saturated rings. The molecule has 0 radical (unpaired) electrons. The summed E-state index contributed by atoms with van der Waals surface area (Å²) in [5, 5.41) is 0. The average Bonchev–Trinajstić information content (AvgIpc) is 2.34. The number of hydrogen-bond acceptors (Lipinski definition) is 4. The van der Waals surface area contributed by atoms with E-state index in [4.69, 9.17) is 16.2 Å². The summed E-state index contributed by atoms with van der Waals surface area (Å²) in [6.45, 7) is 1.88. The molecule has 0 aliphatic rings. The van der Waals surface area contributed by atoms with E-state index in [2.05, 4.69) is 20.9 Å². The third-order valence-electron chi connectivity index (χ3n) is 2.47. The molecule has 0 aliphatic heterocycles. The van der Waals surface area contributed by atoms with Crippen molar-refractivity contribution in [3.8, 4) is 11.5 Å². The normalized spacial score (nSPS) is 10.2. The Morgan fingerprint density at radius 1 is 1.37 bits per heavy atom. The Labute approximate surface area is 118 Å². The van der Waals surface area contributed by atoms with Crippen molar-refractivity contribution in [2.45, 2.75) is 6.92 Å². The van der Waals surface area contributed by atoms with E-state index in [1.165, 1.54) is 12.3 Å². The molecular weight excluding hydrogens is 310 g/mol. The summed E-state index contributed by atoms with van der Waals surface area (Å²) in [6.07, 6.45) is 1.46. The predicted molar refractivity (Wildman–Crippen MR) is 76.1 cm³/mol. The largest absolute Gasteiger partial charge is 0.455 e. The van der Waals surface area contributed by atoms with Crippen LogP contribution < -0.4 is 16.2 Å². The molecule has 0 unspecified atom stereocenters. The highest BCUT2D eigenvalue weighted by molar-refractivity contribution is 9.10. The van der Waals surface area contributed by atoms with Crippen LogP contribution in [0.5, 0.6) is 11.5 Å². The van der Waals surface area contributed by atoms with Gasteiger partial charge < -0.3 is 16.2 Å². The smallest absolute Gasteiger partial charge is 0.267 e. The van der Waals surface area contributed by atoms with E-state index in [9.17, 15) is 4.79 Å². The number of nitrogens with two attached hydrogens (primary N) is 2. The van der Waals surface area contributed by atoms with Gasteiger partial charge in [0.2, 0.25) is 0 Å². The van der Waals surface area contributed by atoms with E-state index < -0.39 is 5.91 Å². The Kier molecular flexibility index (Phi) is 3.71. The molecule has 1 amide bonds. The number of aromatic nitrogens is 1. The number of nitrogens with zero attached hydrogens (tertiary/aromatic N) is 1. The molecule has 1 heterocycles. The zero-order valence-electron chi connectivity index (χ0n) is 10.2. The van der Waals surface area contributed by atoms with Crippen LogP contribution in [0.3, 0.4) is 0 Å². The predicted octanol–water partition coefficient (Wildman–Crippen LogP) is 2.63. The fraction of sp³-hybridized carbons (Fsp3) is 0.0769. The number of carbonyl (C=O) groups is 1. The summed E-state index contributed by atoms with van der Waals surface area (Å²) in [7, 11) is 0. The van der Waals surface area contributed by atoms with Crippen molar-refractivity contribution in [3.05, 3.63) is 46.2 Å². The van der Waals surface area contributed by atoms with Gasteiger partial charge in [0.15, 0.2) is 5.75 Å². The first-order valence-corrected chi connectivity index (χ1v) is 6.26. The average molecular weight is 322 g/mol. The van der Waals surface area contributed by atoms with Gasteiger partial charge in [0.1, 0.15) is 11.4 Å². The third kappa shape index (κ3) is 3.03. The van der Waals surface area contributed by atoms with Crippen LogP contribution in [0, 0.1) is 6.92 Å². The quantitative estimate of drug-likeness (QED) is 0.850. The molecule has 1 aromatic heterocycles. The van der Waals surface area contributed by atoms with Gasteiger partial charge in [0.05, 0.1) is 5.69 Å². The molecule has 5 nitrogen and oxygen atoms in total. The number of primary amides is 1. The van der Waals surface area contributed by atoms with Gasteiger partial charge in [-0.15, -0.1) is 0 Å². The van der Waals surface area contributed by atoms with Gasteiger partial charge in [-0.05, 0) is 30.7 Å². The minimum absolute atomic E-state index is 0.144. The number of anilines is 1. The molecule has 0 saturated carbocycles. The number of benzene rings is 1. The number of ether oxygens (including phenoxy) is 1. The SMILES string of the molecule is Cc1cc(Br)cc(N)c1Oc1ccnc(C(N)=O)c1. The number of hydrogen-bond donors (Lipinski definition) is 2. The zero-order chi connectivity index (χ0) is 14.0. The van der Waals surface area contributed by atoms with Gasteiger partial charge in [-0.2, -0.15) is 0 Å². The fourth-order valence-electron chi connectivity index (χ4n) is 1.62. The van der Waals surface area contributed by atoms with Crippen LogP contribution in [0.2, 0.25) is 0 Å². The van der Waals surface area contributed by atoms with Crippen molar-refractivity contribution in [2.24, 2.45) is 5.73 Å². The number of aryl methyl sites for hydroxylation is 1. The molecule has 4 N–H and O–H groups in total. The van der Waals surface area contributed by atoms with Crippen LogP contribution in [0.15, 0.2) is 34.9 Å². The molecule has 19 heavy (non-hydrogen) atoms. The second-order valence-corrected chi connectivity index (χ2v) is 4.90. The highest BCUT2D eigenvalue weighted by Crippen LogP contribution is 2.33. The second-order valence-electron chi connectivity index (χ2n) is 3.98. The first-order chi connectivity index (χ1) is 8.97. The van der Waals surface area contributed by atoms with Crippen LogP contribution in [0.4, 0.5) is 5.69 Å². The van der Waals surface area contributed by atoms with E-state index >= 15 is 0 Å². The molecular formula is C13H12BrN3O2. The van der Waals surface area contributed by atoms with E-state index in [0.29, 0.717) is 17.2 Å². The lowest BCUT2D eigenvalue weighted by molar-refractivity contribution is 0.0995. The highest BCUT2D eigenvalue weighted by Gasteiger charge is 2.09. The Bertz CT molecular complexity index is 621. The van der Waals surface area contributed by atoms with Gasteiger partial charge in [0.25, 0.3) is 5.91 Å². The molecule has 1 aromatic carbocycles. The van der Waals surface area contributed by atoms with E-state index in [1.807, 2.05) is 13.0 Å². The fourth-order valence-corrected chi connectivity index (χ4v) is 2.21. The highest BCUT2D eigenvalue weighted by atomic mass is 79.9. The molecule has 98 valence electrons. The van der Waals surface area contributed by atoms with Crippen LogP contribution in [0.1, 0.15) is 16.1 Å². The molecule has 0 bridgehead atoms. The van der Waals surface area contributed by atoms with Crippen molar-refractivity contribution in [1.82, 2.24) is 4.98 Å². The lowest BCUT2D eigenvalue weighted by Crippen LogP contribution is -2.12. The van der Waals surface area contributed by atoms with Crippen LogP contribution >= 0.6 is 15.9 Å². The maximum atomic E-state index is 11.1. The van der Waals surface area contributed by atoms with Crippen molar-refractivity contribution in [3.63, 3.8) is 0 Å². The van der Waals surface area contributed by atoms with Gasteiger partial charge in [-0.3, -0.25) is 9.78 Å². The summed E-state index contributed by atoms with van der Waals surface area (Å²) < 4.78 is 6.57. The number of amides is 1. The third-order valence-corrected chi connectivity index (χ3v) is 2.93. The molecule has 6 heteroatoms. The molecule has 0 spiro atoms. The summed E-state index contributed by atoms with van der Waals surface area (Å²) in [5.74, 6) is 0.400. The Balaban J connectivity index is 2.36. The Morgan fingerprint density at radius 3 is 2.74 bits per heavy atom. The first-order valence-electron chi connectivity index (χ1n) is 5.46. The molecule has 2 aromatic rings. The topological polar surface area (TPSA) is 91.2 Å². The van der Waals surface area contributed by atoms with E-state index in [-0.39, 0.29) is 5.69 Å². The maximum Gasteiger partial charge on any atom is 0.267 e. The Hall–Kier alpha value is -2.08. The second kappa shape index (κ2) is 5.27. The van der Waals surface area contributed by atoms with Gasteiger partial charge in [-0.25, -0.2) is 0 Å². The minimum Gasteiger partial charge on any atom is -0.455 e. The lowest BCUT2D eigenvalue weighted by atomic mass is 10.2. The lowest BCUT2D eigenvalue weighted by Gasteiger charge is -2.12. The monoisotopic (exact) mass is 321 g/mol. The van der Waals surface area contributed by atoms with Crippen molar-refractivity contribution < 1.29 is 9.53 Å². The minimum atomic E-state index is -0.606. The number of nitrogen functional groups attached to an aromatic ring is 1. The first kappa shape index (κ1) is 13.4. The molecule has 2 rings (SSSR count). The molecule has 0 atom stereocenters. The summed E-state index contributed by atoms with van der Waals surface area (Å²) in [5.41, 5.74) is 12.6. The summed E-state index contributed by atoms with van der Waals surface area (Å²) >= 11 is 3.36. The zero-order valence-corrected chi connectivity index (χ0v) is 11.8. The maximum absolute atomic E-state index is 11.1. The number of carbonyl (C=O) groups excluding carboxylic acids is 1. The molecule has 0 aliphatic carbocycles. The van der Waals surface area contributed by atoms with Gasteiger partial charge >= 0.3 is 0 Å². The van der Waals surface area contributed by atoms with Crippen LogP contribution in [0.25, 0.3) is 0 Å². The van der Waals surface area contributed by atoms with E-state index in [1.54, 1.807) is 12.1 Å². The van der Waals surface area contributed by atoms with Crippen LogP contribution in [-0.4, -0.2) is 10.9 Å². The Morgan fingerprint density at radius 2 is 2.11 bits per heavy atom. The van der Waals surface area contributed by atoms with Gasteiger partial charge in [0, 0.05) is 16.7 Å².